The smallest absolute Gasteiger partial charge is 0.339 e. The predicted octanol–water partition coefficient (Wildman–Crippen LogP) is 2.24. The molecule has 3 atom stereocenters. The highest BCUT2D eigenvalue weighted by Crippen LogP contribution is 2.26. The van der Waals surface area contributed by atoms with Crippen LogP contribution in [0.4, 0.5) is 5.69 Å². The maximum atomic E-state index is 12.3. The van der Waals surface area contributed by atoms with Crippen molar-refractivity contribution >= 4 is 27.4 Å². The van der Waals surface area contributed by atoms with E-state index in [1.54, 1.807) is 0 Å². The minimum atomic E-state index is -3.84. The van der Waals surface area contributed by atoms with Gasteiger partial charge in [0.2, 0.25) is 0 Å². The summed E-state index contributed by atoms with van der Waals surface area (Å²) in [4.78, 5) is 34.4. The van der Waals surface area contributed by atoms with Crippen LogP contribution in [-0.2, 0) is 19.4 Å². The molecule has 0 bridgehead atoms. The fraction of sp³-hybridized carbons (Fsp3) is 0.556. The number of nitro benzene ring substituents is 1. The van der Waals surface area contributed by atoms with Crippen molar-refractivity contribution in [2.75, 3.05) is 6.26 Å². The quantitative estimate of drug-likeness (QED) is 0.430. The summed E-state index contributed by atoms with van der Waals surface area (Å²) in [6.07, 6.45) is 3.80. The van der Waals surface area contributed by atoms with Crippen molar-refractivity contribution < 1.29 is 27.7 Å². The zero-order valence-corrected chi connectivity index (χ0v) is 16.8. The molecule has 1 aromatic carbocycles. The number of carbonyl (C=O) groups is 2. The molecule has 0 spiro atoms. The van der Waals surface area contributed by atoms with Crippen LogP contribution in [0.25, 0.3) is 0 Å². The Kier molecular flexibility index (Phi) is 6.76. The zero-order valence-electron chi connectivity index (χ0n) is 16.0. The molecule has 0 aliphatic heterocycles. The molecule has 1 aliphatic carbocycles. The molecule has 0 unspecified atom stereocenters. The van der Waals surface area contributed by atoms with Gasteiger partial charge in [-0.1, -0.05) is 19.8 Å². The maximum absolute atomic E-state index is 12.3. The topological polar surface area (TPSA) is 133 Å². The Labute approximate surface area is 163 Å². The van der Waals surface area contributed by atoms with Crippen LogP contribution in [0.15, 0.2) is 23.1 Å². The molecule has 1 fully saturated rings. The Bertz CT molecular complexity index is 882. The highest BCUT2D eigenvalue weighted by Gasteiger charge is 2.28. The fourth-order valence-electron chi connectivity index (χ4n) is 3.21. The number of carbonyl (C=O) groups excluding carboxylic acids is 2. The van der Waals surface area contributed by atoms with Gasteiger partial charge in [0.1, 0.15) is 4.90 Å². The lowest BCUT2D eigenvalue weighted by molar-refractivity contribution is -0.387. The number of nitrogens with one attached hydrogen (secondary N) is 1. The number of rotatable bonds is 6. The van der Waals surface area contributed by atoms with E-state index in [9.17, 15) is 28.1 Å². The van der Waals surface area contributed by atoms with Crippen molar-refractivity contribution in [3.63, 3.8) is 0 Å². The summed E-state index contributed by atoms with van der Waals surface area (Å²) in [6, 6.07) is 2.97. The van der Waals surface area contributed by atoms with E-state index in [1.165, 1.54) is 6.92 Å². The average molecular weight is 412 g/mol. The Morgan fingerprint density at radius 3 is 2.50 bits per heavy atom. The molecule has 10 heteroatoms. The van der Waals surface area contributed by atoms with Crippen LogP contribution in [0, 0.1) is 16.0 Å². The monoisotopic (exact) mass is 412 g/mol. The molecule has 1 saturated carbocycles. The number of esters is 1. The summed E-state index contributed by atoms with van der Waals surface area (Å²) in [5, 5.41) is 14.0. The third-order valence-corrected chi connectivity index (χ3v) is 6.03. The summed E-state index contributed by atoms with van der Waals surface area (Å²) in [5.74, 6) is -1.04. The predicted molar refractivity (Wildman–Crippen MR) is 101 cm³/mol. The molecule has 1 amide bonds. The molecule has 0 heterocycles. The van der Waals surface area contributed by atoms with E-state index in [4.69, 9.17) is 4.74 Å². The minimum absolute atomic E-state index is 0.0255. The maximum Gasteiger partial charge on any atom is 0.339 e. The van der Waals surface area contributed by atoms with Crippen LogP contribution < -0.4 is 5.32 Å². The number of ether oxygens (including phenoxy) is 1. The number of hydrogen-bond acceptors (Lipinski definition) is 7. The van der Waals surface area contributed by atoms with Gasteiger partial charge in [-0.25, -0.2) is 13.2 Å². The molecule has 1 aromatic rings. The van der Waals surface area contributed by atoms with Crippen LogP contribution in [0.1, 0.15) is 49.9 Å². The van der Waals surface area contributed by atoms with Gasteiger partial charge in [-0.05, 0) is 37.8 Å². The van der Waals surface area contributed by atoms with E-state index in [0.29, 0.717) is 5.92 Å². The number of nitrogens with zero attached hydrogens (tertiary/aromatic N) is 1. The van der Waals surface area contributed by atoms with Crippen LogP contribution in [0.3, 0.4) is 0 Å². The fourth-order valence-corrected chi connectivity index (χ4v) is 4.04. The molecule has 9 nitrogen and oxygen atoms in total. The van der Waals surface area contributed by atoms with E-state index >= 15 is 0 Å². The van der Waals surface area contributed by atoms with Crippen molar-refractivity contribution in [2.45, 2.75) is 56.6 Å². The summed E-state index contributed by atoms with van der Waals surface area (Å²) in [5.41, 5.74) is -0.921. The number of hydrogen-bond donors (Lipinski definition) is 1. The van der Waals surface area contributed by atoms with Crippen LogP contribution in [0.5, 0.6) is 0 Å². The molecular weight excluding hydrogens is 388 g/mol. The van der Waals surface area contributed by atoms with Gasteiger partial charge in [0.05, 0.1) is 10.5 Å². The molecule has 28 heavy (non-hydrogen) atoms. The second kappa shape index (κ2) is 8.68. The summed E-state index contributed by atoms with van der Waals surface area (Å²) in [7, 11) is -3.84. The van der Waals surface area contributed by atoms with Gasteiger partial charge in [0.25, 0.3) is 11.6 Å². The normalized spacial score (nSPS) is 20.8. The Balaban J connectivity index is 2.10. The van der Waals surface area contributed by atoms with E-state index in [-0.39, 0.29) is 11.6 Å². The third-order valence-electron chi connectivity index (χ3n) is 4.88. The summed E-state index contributed by atoms with van der Waals surface area (Å²) >= 11 is 0. The summed E-state index contributed by atoms with van der Waals surface area (Å²) in [6.45, 7) is 3.48. The second-order valence-corrected chi connectivity index (χ2v) is 9.12. The van der Waals surface area contributed by atoms with Crippen LogP contribution in [0.2, 0.25) is 0 Å². The van der Waals surface area contributed by atoms with Crippen molar-refractivity contribution in [2.24, 2.45) is 5.92 Å². The second-order valence-electron chi connectivity index (χ2n) is 7.14. The largest absolute Gasteiger partial charge is 0.449 e. The lowest BCUT2D eigenvalue weighted by atomic mass is 9.86. The van der Waals surface area contributed by atoms with Crippen LogP contribution >= 0.6 is 0 Å². The van der Waals surface area contributed by atoms with Gasteiger partial charge in [-0.3, -0.25) is 14.9 Å². The van der Waals surface area contributed by atoms with Gasteiger partial charge < -0.3 is 10.1 Å². The van der Waals surface area contributed by atoms with E-state index < -0.39 is 43.3 Å². The van der Waals surface area contributed by atoms with Gasteiger partial charge in [-0.2, -0.15) is 0 Å². The summed E-state index contributed by atoms with van der Waals surface area (Å²) < 4.78 is 28.4. The molecule has 0 saturated heterocycles. The van der Waals surface area contributed by atoms with E-state index in [1.807, 2.05) is 0 Å². The number of nitro groups is 1. The Morgan fingerprint density at radius 2 is 1.93 bits per heavy atom. The average Bonchev–Trinajstić information content (AvgIpc) is 2.62. The van der Waals surface area contributed by atoms with E-state index in [0.717, 1.165) is 50.1 Å². The minimum Gasteiger partial charge on any atom is -0.449 e. The lowest BCUT2D eigenvalue weighted by Crippen LogP contribution is -2.46. The van der Waals surface area contributed by atoms with Gasteiger partial charge in [0.15, 0.2) is 15.9 Å². The Hall–Kier alpha value is -2.49. The first-order valence-corrected chi connectivity index (χ1v) is 10.9. The zero-order chi connectivity index (χ0) is 21.1. The first-order chi connectivity index (χ1) is 13.0. The molecule has 0 radical (unpaired) electrons. The number of benzene rings is 1. The number of amides is 1. The van der Waals surface area contributed by atoms with Crippen molar-refractivity contribution in [1.29, 1.82) is 0 Å². The molecule has 2 rings (SSSR count). The molecule has 0 aromatic heterocycles. The van der Waals surface area contributed by atoms with Gasteiger partial charge in [0, 0.05) is 18.4 Å². The molecule has 154 valence electrons. The van der Waals surface area contributed by atoms with Crippen LogP contribution in [-0.4, -0.2) is 43.6 Å². The third kappa shape index (κ3) is 5.28. The standard InChI is InChI=1S/C18H24N2O7S/c1-11-6-4-5-7-14(11)19-17(21)12(2)27-18(22)13-8-9-16(28(3,25)26)15(10-13)20(23)24/h8-12,14H,4-7H2,1-3H3,(H,19,21)/t11-,12-,14-/m1/s1. The first-order valence-electron chi connectivity index (χ1n) is 9.00. The van der Waals surface area contributed by atoms with E-state index in [2.05, 4.69) is 12.2 Å². The SMILES string of the molecule is C[C@@H]1CCCC[C@H]1NC(=O)[C@@H](C)OC(=O)c1ccc(S(C)(=O)=O)c([N+](=O)[O-])c1. The molecule has 1 aliphatic rings. The van der Waals surface area contributed by atoms with Crippen molar-refractivity contribution in [1.82, 2.24) is 5.32 Å². The highest BCUT2D eigenvalue weighted by molar-refractivity contribution is 7.90. The van der Waals surface area contributed by atoms with Gasteiger partial charge in [-0.15, -0.1) is 0 Å². The Morgan fingerprint density at radius 1 is 1.29 bits per heavy atom. The molecule has 1 N–H and O–H groups in total. The molecular formula is C18H24N2O7S. The highest BCUT2D eigenvalue weighted by atomic mass is 32.2. The van der Waals surface area contributed by atoms with Gasteiger partial charge >= 0.3 is 5.97 Å². The van der Waals surface area contributed by atoms with Crippen molar-refractivity contribution in [3.05, 3.63) is 33.9 Å². The number of sulfone groups is 1. The lowest BCUT2D eigenvalue weighted by Gasteiger charge is -2.30. The first kappa shape index (κ1) is 21.8. The van der Waals surface area contributed by atoms with Crippen molar-refractivity contribution in [3.8, 4) is 0 Å².